The third-order valence-electron chi connectivity index (χ3n) is 22.0. The Labute approximate surface area is 656 Å². The number of hydrogen-bond acceptors (Lipinski definition) is 18. The summed E-state index contributed by atoms with van der Waals surface area (Å²) in [4.78, 5) is 13.5. The summed E-state index contributed by atoms with van der Waals surface area (Å²) < 4.78 is 34.5. The summed E-state index contributed by atoms with van der Waals surface area (Å²) in [5, 5.41) is 121. The predicted octanol–water partition coefficient (Wildman–Crippen LogP) is 16.6. The Hall–Kier alpha value is -2.51. The van der Waals surface area contributed by atoms with E-state index in [0.717, 1.165) is 51.4 Å². The van der Waals surface area contributed by atoms with Crippen LogP contribution in [0.1, 0.15) is 367 Å². The first kappa shape index (κ1) is 99.7. The second-order valence-corrected chi connectivity index (χ2v) is 31.7. The Bertz CT molecular complexity index is 2180. The first-order valence-electron chi connectivity index (χ1n) is 44.5. The molecule has 0 bridgehead atoms. The first-order valence-corrected chi connectivity index (χ1v) is 44.5. The molecule has 17 atom stereocenters. The fourth-order valence-electron chi connectivity index (χ4n) is 14.9. The maximum atomic E-state index is 13.5. The predicted molar refractivity (Wildman–Crippen MR) is 434 cm³/mol. The van der Waals surface area contributed by atoms with E-state index in [9.17, 15) is 61.0 Å². The van der Waals surface area contributed by atoms with E-state index in [0.29, 0.717) is 12.8 Å². The lowest BCUT2D eigenvalue weighted by Crippen LogP contribution is -2.66. The van der Waals surface area contributed by atoms with Gasteiger partial charge in [-0.1, -0.05) is 344 Å². The number of hydrogen-bond donors (Lipinski definition) is 12. The fourth-order valence-corrected chi connectivity index (χ4v) is 14.9. The standard InChI is InChI=1S/C89H163NO18/c1-3-5-7-9-11-13-15-17-19-21-23-25-27-29-31-33-34-35-36-37-38-39-41-43-45-47-49-51-53-55-57-59-61-63-65-67-77(95)90-72(73(94)66-64-62-60-58-56-54-52-50-48-46-44-42-40-32-30-28-26-24-22-20-18-16-14-12-10-8-6-4-2)71-103-87-83(101)80(98)85(75(69-92)105-87)108-89-84(102)81(99)86(76(70-93)106-89)107-88-82(100)79(97)78(96)74(68-91)104-88/h15,17,21,23,48,50,56,58,64,66,72-76,78-89,91-94,96-102H,3-14,16,18-20,22,24-47,49,51-55,57,59-63,65,67-71H2,1-2H3,(H,90,95)/b17-15-,23-21-,50-48+,58-56+,66-64+. The molecule has 0 saturated carbocycles. The minimum atomic E-state index is -1.98. The van der Waals surface area contributed by atoms with Gasteiger partial charge in [0, 0.05) is 6.42 Å². The van der Waals surface area contributed by atoms with Crippen molar-refractivity contribution in [2.75, 3.05) is 26.4 Å². The largest absolute Gasteiger partial charge is 0.394 e. The van der Waals surface area contributed by atoms with E-state index < -0.39 is 124 Å². The number of aliphatic hydroxyl groups is 11. The number of nitrogens with one attached hydrogen (secondary N) is 1. The topological polar surface area (TPSA) is 307 Å². The van der Waals surface area contributed by atoms with E-state index in [1.54, 1.807) is 6.08 Å². The molecule has 3 saturated heterocycles. The second kappa shape index (κ2) is 68.9. The van der Waals surface area contributed by atoms with Crippen LogP contribution in [0.5, 0.6) is 0 Å². The van der Waals surface area contributed by atoms with Gasteiger partial charge in [0.05, 0.1) is 38.6 Å². The highest BCUT2D eigenvalue weighted by molar-refractivity contribution is 5.76. The molecule has 3 aliphatic heterocycles. The van der Waals surface area contributed by atoms with Gasteiger partial charge in [-0.15, -0.1) is 0 Å². The third kappa shape index (κ3) is 47.4. The van der Waals surface area contributed by atoms with Gasteiger partial charge in [-0.25, -0.2) is 0 Å². The lowest BCUT2D eigenvalue weighted by molar-refractivity contribution is -0.379. The molecule has 0 radical (unpaired) electrons. The monoisotopic (exact) mass is 1530 g/mol. The van der Waals surface area contributed by atoms with Gasteiger partial charge in [0.25, 0.3) is 0 Å². The van der Waals surface area contributed by atoms with Crippen LogP contribution in [0.15, 0.2) is 60.8 Å². The summed E-state index contributed by atoms with van der Waals surface area (Å²) in [6.07, 6.45) is 63.8. The fraction of sp³-hybridized carbons (Fsp3) is 0.876. The number of carbonyl (C=O) groups excluding carboxylic acids is 1. The van der Waals surface area contributed by atoms with E-state index in [2.05, 4.69) is 67.8 Å². The van der Waals surface area contributed by atoms with E-state index >= 15 is 0 Å². The molecule has 0 aromatic carbocycles. The summed E-state index contributed by atoms with van der Waals surface area (Å²) in [5.74, 6) is -0.283. The van der Waals surface area contributed by atoms with Crippen molar-refractivity contribution >= 4 is 5.91 Å². The van der Waals surface area contributed by atoms with Crippen molar-refractivity contribution in [3.63, 3.8) is 0 Å². The summed E-state index contributed by atoms with van der Waals surface area (Å²) in [7, 11) is 0. The molecule has 3 fully saturated rings. The van der Waals surface area contributed by atoms with Crippen LogP contribution >= 0.6 is 0 Å². The van der Waals surface area contributed by atoms with Crippen molar-refractivity contribution in [3.8, 4) is 0 Å². The zero-order chi connectivity index (χ0) is 78.1. The molecule has 1 amide bonds. The van der Waals surface area contributed by atoms with Gasteiger partial charge < -0.3 is 89.9 Å². The van der Waals surface area contributed by atoms with Crippen LogP contribution < -0.4 is 5.32 Å². The molecule has 0 aromatic rings. The van der Waals surface area contributed by atoms with Crippen LogP contribution in [0.4, 0.5) is 0 Å². The number of unbranched alkanes of at least 4 members (excludes halogenated alkanes) is 48. The maximum absolute atomic E-state index is 13.5. The quantitative estimate of drug-likeness (QED) is 0.0199. The zero-order valence-corrected chi connectivity index (χ0v) is 68.1. The number of ether oxygens (including phenoxy) is 6. The summed E-state index contributed by atoms with van der Waals surface area (Å²) >= 11 is 0. The maximum Gasteiger partial charge on any atom is 0.220 e. The number of aliphatic hydroxyl groups excluding tert-OH is 11. The molecule has 19 nitrogen and oxygen atoms in total. The van der Waals surface area contributed by atoms with Gasteiger partial charge >= 0.3 is 0 Å². The zero-order valence-electron chi connectivity index (χ0n) is 68.1. The van der Waals surface area contributed by atoms with Gasteiger partial charge in [-0.2, -0.15) is 0 Å². The number of rotatable bonds is 72. The van der Waals surface area contributed by atoms with Crippen LogP contribution in [0, 0.1) is 0 Å². The molecule has 3 aliphatic rings. The Morgan fingerprint density at radius 2 is 0.620 bits per heavy atom. The summed E-state index contributed by atoms with van der Waals surface area (Å²) in [5.41, 5.74) is 0. The molecule has 19 heteroatoms. The highest BCUT2D eigenvalue weighted by Crippen LogP contribution is 2.33. The van der Waals surface area contributed by atoms with Gasteiger partial charge in [-0.05, 0) is 77.0 Å². The smallest absolute Gasteiger partial charge is 0.220 e. The molecule has 17 unspecified atom stereocenters. The molecule has 0 aliphatic carbocycles. The molecule has 12 N–H and O–H groups in total. The highest BCUT2D eigenvalue weighted by Gasteiger charge is 2.54. The van der Waals surface area contributed by atoms with Gasteiger partial charge in [0.2, 0.25) is 5.91 Å². The van der Waals surface area contributed by atoms with E-state index in [1.807, 2.05) is 6.08 Å². The number of amides is 1. The van der Waals surface area contributed by atoms with Crippen molar-refractivity contribution in [1.29, 1.82) is 0 Å². The summed E-state index contributed by atoms with van der Waals surface area (Å²) in [6.45, 7) is 1.75. The second-order valence-electron chi connectivity index (χ2n) is 31.7. The molecule has 632 valence electrons. The van der Waals surface area contributed by atoms with Gasteiger partial charge in [0.15, 0.2) is 18.9 Å². The van der Waals surface area contributed by atoms with Crippen LogP contribution in [-0.2, 0) is 33.2 Å². The van der Waals surface area contributed by atoms with Crippen LogP contribution in [-0.4, -0.2) is 193 Å². The van der Waals surface area contributed by atoms with Crippen molar-refractivity contribution < 1.29 is 89.4 Å². The average molecular weight is 1540 g/mol. The third-order valence-corrected chi connectivity index (χ3v) is 22.0. The van der Waals surface area contributed by atoms with Crippen LogP contribution in [0.25, 0.3) is 0 Å². The Morgan fingerprint density at radius 1 is 0.333 bits per heavy atom. The number of allylic oxidation sites excluding steroid dienone is 9. The normalized spacial score (nSPS) is 25.7. The first-order chi connectivity index (χ1) is 52.8. The average Bonchev–Trinajstić information content (AvgIpc) is 0.774. The minimum Gasteiger partial charge on any atom is -0.394 e. The number of carbonyl (C=O) groups is 1. The van der Waals surface area contributed by atoms with E-state index in [-0.39, 0.29) is 18.9 Å². The van der Waals surface area contributed by atoms with Crippen molar-refractivity contribution in [1.82, 2.24) is 5.32 Å². The van der Waals surface area contributed by atoms with Crippen molar-refractivity contribution in [2.45, 2.75) is 471 Å². The molecule has 108 heavy (non-hydrogen) atoms. The van der Waals surface area contributed by atoms with Crippen LogP contribution in [0.3, 0.4) is 0 Å². The van der Waals surface area contributed by atoms with E-state index in [1.165, 1.54) is 283 Å². The summed E-state index contributed by atoms with van der Waals surface area (Å²) in [6, 6.07) is -0.999. The Kier molecular flexibility index (Phi) is 63.6. The Morgan fingerprint density at radius 3 is 0.981 bits per heavy atom. The lowest BCUT2D eigenvalue weighted by atomic mass is 9.96. The molecule has 0 spiro atoms. The Balaban J connectivity index is 1.34. The van der Waals surface area contributed by atoms with Crippen molar-refractivity contribution in [2.24, 2.45) is 0 Å². The molecule has 3 rings (SSSR count). The molecular formula is C89H163NO18. The van der Waals surface area contributed by atoms with E-state index in [4.69, 9.17) is 28.4 Å². The minimum absolute atomic E-state index is 0.234. The highest BCUT2D eigenvalue weighted by atomic mass is 16.8. The molecule has 3 heterocycles. The van der Waals surface area contributed by atoms with Crippen LogP contribution in [0.2, 0.25) is 0 Å². The lowest BCUT2D eigenvalue weighted by Gasteiger charge is -2.48. The molecular weight excluding hydrogens is 1370 g/mol. The van der Waals surface area contributed by atoms with Crippen molar-refractivity contribution in [3.05, 3.63) is 60.8 Å². The van der Waals surface area contributed by atoms with Gasteiger partial charge in [0.1, 0.15) is 73.2 Å². The molecule has 0 aromatic heterocycles. The SMILES string of the molecule is CCCCCCC/C=C\C/C=C\CCCCCCCCCCCCCCCCCCCCCCCCCC(=O)NC(COC1OC(CO)C(OC2OC(CO)C(OC3OC(CO)C(O)C(O)C3O)C(O)C2O)C(O)C1O)C(O)/C=C/CC/C=C/CC/C=C/CCCCCCCCCCCCCCCCCCCC. The van der Waals surface area contributed by atoms with Gasteiger partial charge in [-0.3, -0.25) is 4.79 Å².